The van der Waals surface area contributed by atoms with Crippen molar-refractivity contribution in [2.45, 2.75) is 57.0 Å². The highest BCUT2D eigenvalue weighted by molar-refractivity contribution is 7.88. The number of sulfonamides is 1. The van der Waals surface area contributed by atoms with E-state index in [0.29, 0.717) is 12.6 Å². The predicted octanol–water partition coefficient (Wildman–Crippen LogP) is 2.25. The third-order valence-electron chi connectivity index (χ3n) is 4.17. The number of rotatable bonds is 8. The fourth-order valence-corrected chi connectivity index (χ4v) is 4.48. The van der Waals surface area contributed by atoms with E-state index in [9.17, 15) is 8.42 Å². The molecule has 0 unspecified atom stereocenters. The maximum Gasteiger partial charge on any atom is 0.218 e. The van der Waals surface area contributed by atoms with E-state index in [1.165, 1.54) is 18.4 Å². The molecule has 0 radical (unpaired) electrons. The van der Waals surface area contributed by atoms with E-state index in [1.54, 1.807) is 4.31 Å². The molecule has 116 valence electrons. The van der Waals surface area contributed by atoms with E-state index < -0.39 is 10.0 Å². The van der Waals surface area contributed by atoms with Crippen molar-refractivity contribution in [3.63, 3.8) is 0 Å². The second-order valence-corrected chi connectivity index (χ2v) is 8.08. The fraction of sp³-hybridized carbons (Fsp3) is 0.625. The lowest BCUT2D eigenvalue weighted by molar-refractivity contribution is 0.420. The van der Waals surface area contributed by atoms with Crippen LogP contribution in [-0.4, -0.2) is 31.4 Å². The zero-order valence-electron chi connectivity index (χ0n) is 12.6. The van der Waals surface area contributed by atoms with Gasteiger partial charge in [-0.05, 0) is 36.8 Å². The molecule has 2 aliphatic rings. The SMILES string of the molecule is CCN(C1CC1)S(=O)(=O)Cc1ccc(CNC2CC2)cc1. The number of nitrogens with zero attached hydrogens (tertiary/aromatic N) is 1. The number of benzene rings is 1. The highest BCUT2D eigenvalue weighted by atomic mass is 32.2. The Bertz CT molecular complexity index is 575. The summed E-state index contributed by atoms with van der Waals surface area (Å²) in [5.41, 5.74) is 2.10. The largest absolute Gasteiger partial charge is 0.310 e. The Hall–Kier alpha value is -0.910. The Balaban J connectivity index is 1.60. The van der Waals surface area contributed by atoms with Gasteiger partial charge in [0.1, 0.15) is 0 Å². The quantitative estimate of drug-likeness (QED) is 0.801. The summed E-state index contributed by atoms with van der Waals surface area (Å²) in [5.74, 6) is 0.119. The van der Waals surface area contributed by atoms with Crippen LogP contribution in [0.25, 0.3) is 0 Å². The Labute approximate surface area is 127 Å². The van der Waals surface area contributed by atoms with E-state index >= 15 is 0 Å². The van der Waals surface area contributed by atoms with Crippen molar-refractivity contribution in [1.29, 1.82) is 0 Å². The highest BCUT2D eigenvalue weighted by Gasteiger charge is 2.35. The number of nitrogens with one attached hydrogen (secondary N) is 1. The minimum absolute atomic E-state index is 0.119. The molecule has 0 heterocycles. The molecule has 2 saturated carbocycles. The second kappa shape index (κ2) is 6.07. The van der Waals surface area contributed by atoms with Crippen molar-refractivity contribution in [3.05, 3.63) is 35.4 Å². The molecule has 2 fully saturated rings. The monoisotopic (exact) mass is 308 g/mol. The Morgan fingerprint density at radius 1 is 1.10 bits per heavy atom. The van der Waals surface area contributed by atoms with Crippen LogP contribution in [0, 0.1) is 0 Å². The molecule has 1 aromatic rings. The summed E-state index contributed by atoms with van der Waals surface area (Å²) < 4.78 is 26.5. The summed E-state index contributed by atoms with van der Waals surface area (Å²) in [6.07, 6.45) is 4.59. The van der Waals surface area contributed by atoms with Gasteiger partial charge in [0, 0.05) is 25.2 Å². The van der Waals surface area contributed by atoms with Crippen LogP contribution < -0.4 is 5.32 Å². The average Bonchev–Trinajstić information content (AvgIpc) is 3.32. The zero-order chi connectivity index (χ0) is 14.9. The molecule has 4 nitrogen and oxygen atoms in total. The summed E-state index contributed by atoms with van der Waals surface area (Å²) in [6, 6.07) is 8.91. The van der Waals surface area contributed by atoms with E-state index in [1.807, 2.05) is 31.2 Å². The van der Waals surface area contributed by atoms with Crippen LogP contribution >= 0.6 is 0 Å². The van der Waals surface area contributed by atoms with Gasteiger partial charge in [0.2, 0.25) is 10.0 Å². The summed E-state index contributed by atoms with van der Waals surface area (Å²) in [6.45, 7) is 3.37. The van der Waals surface area contributed by atoms with Crippen molar-refractivity contribution in [2.24, 2.45) is 0 Å². The summed E-state index contributed by atoms with van der Waals surface area (Å²) in [4.78, 5) is 0. The maximum absolute atomic E-state index is 12.4. The van der Waals surface area contributed by atoms with Crippen molar-refractivity contribution >= 4 is 10.0 Å². The summed E-state index contributed by atoms with van der Waals surface area (Å²) >= 11 is 0. The van der Waals surface area contributed by atoms with Gasteiger partial charge in [-0.15, -0.1) is 0 Å². The van der Waals surface area contributed by atoms with Gasteiger partial charge in [-0.1, -0.05) is 31.2 Å². The summed E-state index contributed by atoms with van der Waals surface area (Å²) in [5, 5.41) is 3.46. The van der Waals surface area contributed by atoms with Crippen LogP contribution in [0.3, 0.4) is 0 Å². The predicted molar refractivity (Wildman–Crippen MR) is 84.3 cm³/mol. The molecule has 1 aromatic carbocycles. The molecule has 0 saturated heterocycles. The molecule has 2 aliphatic carbocycles. The molecule has 1 N–H and O–H groups in total. The first-order chi connectivity index (χ1) is 10.1. The van der Waals surface area contributed by atoms with Gasteiger partial charge < -0.3 is 5.32 Å². The highest BCUT2D eigenvalue weighted by Crippen LogP contribution is 2.30. The lowest BCUT2D eigenvalue weighted by Crippen LogP contribution is -2.33. The third-order valence-corrected chi connectivity index (χ3v) is 6.14. The van der Waals surface area contributed by atoms with Crippen LogP contribution in [0.2, 0.25) is 0 Å². The molecular formula is C16H24N2O2S. The van der Waals surface area contributed by atoms with Gasteiger partial charge in [0.25, 0.3) is 0 Å². The van der Waals surface area contributed by atoms with Crippen LogP contribution in [0.15, 0.2) is 24.3 Å². The molecule has 0 bridgehead atoms. The first kappa shape index (κ1) is 15.0. The van der Waals surface area contributed by atoms with Crippen molar-refractivity contribution in [2.75, 3.05) is 6.54 Å². The first-order valence-corrected chi connectivity index (χ1v) is 9.50. The van der Waals surface area contributed by atoms with Crippen LogP contribution in [0.1, 0.15) is 43.7 Å². The Morgan fingerprint density at radius 2 is 1.71 bits per heavy atom. The lowest BCUT2D eigenvalue weighted by atomic mass is 10.1. The van der Waals surface area contributed by atoms with E-state index in [-0.39, 0.29) is 11.8 Å². The molecule has 5 heteroatoms. The zero-order valence-corrected chi connectivity index (χ0v) is 13.4. The van der Waals surface area contributed by atoms with Crippen LogP contribution in [0.4, 0.5) is 0 Å². The molecule has 21 heavy (non-hydrogen) atoms. The van der Waals surface area contributed by atoms with Gasteiger partial charge in [0.05, 0.1) is 5.75 Å². The van der Waals surface area contributed by atoms with Gasteiger partial charge in [-0.2, -0.15) is 4.31 Å². The van der Waals surface area contributed by atoms with Gasteiger partial charge in [-0.25, -0.2) is 8.42 Å². The minimum Gasteiger partial charge on any atom is -0.310 e. The summed E-state index contributed by atoms with van der Waals surface area (Å²) in [7, 11) is -3.17. The molecule has 0 atom stereocenters. The van der Waals surface area contributed by atoms with E-state index in [0.717, 1.165) is 24.9 Å². The Morgan fingerprint density at radius 3 is 2.24 bits per heavy atom. The van der Waals surface area contributed by atoms with Gasteiger partial charge in [-0.3, -0.25) is 0 Å². The average molecular weight is 308 g/mol. The second-order valence-electron chi connectivity index (χ2n) is 6.16. The van der Waals surface area contributed by atoms with E-state index in [4.69, 9.17) is 0 Å². The standard InChI is InChI=1S/C16H24N2O2S/c1-2-18(16-9-10-16)21(19,20)12-14-5-3-13(4-6-14)11-17-15-7-8-15/h3-6,15-17H,2,7-12H2,1H3. The Kier molecular flexibility index (Phi) is 4.33. The molecule has 0 aromatic heterocycles. The topological polar surface area (TPSA) is 49.4 Å². The van der Waals surface area contributed by atoms with Crippen molar-refractivity contribution < 1.29 is 8.42 Å². The smallest absolute Gasteiger partial charge is 0.218 e. The first-order valence-electron chi connectivity index (χ1n) is 7.89. The molecule has 0 aliphatic heterocycles. The maximum atomic E-state index is 12.4. The van der Waals surface area contributed by atoms with Crippen LogP contribution in [0.5, 0.6) is 0 Å². The van der Waals surface area contributed by atoms with Crippen molar-refractivity contribution in [1.82, 2.24) is 9.62 Å². The molecule has 3 rings (SSSR count). The normalized spacial score (nSPS) is 19.1. The molecule has 0 amide bonds. The van der Waals surface area contributed by atoms with Crippen LogP contribution in [-0.2, 0) is 22.3 Å². The minimum atomic E-state index is -3.17. The van der Waals surface area contributed by atoms with Gasteiger partial charge in [0.15, 0.2) is 0 Å². The fourth-order valence-electron chi connectivity index (χ4n) is 2.64. The molecule has 0 spiro atoms. The molecular weight excluding hydrogens is 284 g/mol. The van der Waals surface area contributed by atoms with Gasteiger partial charge >= 0.3 is 0 Å². The van der Waals surface area contributed by atoms with E-state index in [2.05, 4.69) is 5.32 Å². The van der Waals surface area contributed by atoms with Crippen molar-refractivity contribution in [3.8, 4) is 0 Å². The number of hydrogen-bond acceptors (Lipinski definition) is 3. The lowest BCUT2D eigenvalue weighted by Gasteiger charge is -2.20. The third kappa shape index (κ3) is 4.05. The number of hydrogen-bond donors (Lipinski definition) is 1.